The van der Waals surface area contributed by atoms with Gasteiger partial charge in [0.05, 0.1) is 0 Å². The Labute approximate surface area is 104 Å². The Hall–Kier alpha value is 0.0900. The van der Waals surface area contributed by atoms with E-state index < -0.39 is 0 Å². The van der Waals surface area contributed by atoms with Gasteiger partial charge in [0.1, 0.15) is 0 Å². The van der Waals surface area contributed by atoms with Crippen LogP contribution in [0.1, 0.15) is 46.5 Å². The SMILES string of the molecule is C=C1CC[C@H]2S[C@@H]1[C@H]1[C@H](C(C)C)CC[C@]12C. The number of fused-ring (bicyclic) bond motifs is 5. The van der Waals surface area contributed by atoms with E-state index in [9.17, 15) is 0 Å². The van der Waals surface area contributed by atoms with E-state index in [1.54, 1.807) is 5.57 Å². The fourth-order valence-corrected chi connectivity index (χ4v) is 6.82. The minimum Gasteiger partial charge on any atom is -0.150 e. The van der Waals surface area contributed by atoms with Crippen LogP contribution in [0.25, 0.3) is 0 Å². The van der Waals surface area contributed by atoms with Gasteiger partial charge in [0.2, 0.25) is 0 Å². The molecule has 0 N–H and O–H groups in total. The third kappa shape index (κ3) is 1.30. The van der Waals surface area contributed by atoms with Crippen LogP contribution in [0.3, 0.4) is 0 Å². The third-order valence-corrected chi connectivity index (χ3v) is 7.62. The van der Waals surface area contributed by atoms with Gasteiger partial charge in [-0.15, -0.1) is 11.8 Å². The van der Waals surface area contributed by atoms with Crippen molar-refractivity contribution >= 4 is 11.8 Å². The van der Waals surface area contributed by atoms with Crippen molar-refractivity contribution in [3.8, 4) is 0 Å². The molecule has 0 nitrogen and oxygen atoms in total. The van der Waals surface area contributed by atoms with Crippen molar-refractivity contribution in [3.63, 3.8) is 0 Å². The summed E-state index contributed by atoms with van der Waals surface area (Å²) in [6.45, 7) is 11.8. The summed E-state index contributed by atoms with van der Waals surface area (Å²) in [6, 6.07) is 0. The van der Waals surface area contributed by atoms with E-state index in [1.165, 1.54) is 25.7 Å². The molecule has 90 valence electrons. The lowest BCUT2D eigenvalue weighted by atomic mass is 9.71. The van der Waals surface area contributed by atoms with Crippen molar-refractivity contribution in [1.29, 1.82) is 0 Å². The number of thioether (sulfide) groups is 1. The molecule has 0 aromatic carbocycles. The van der Waals surface area contributed by atoms with Crippen molar-refractivity contribution in [2.75, 3.05) is 0 Å². The van der Waals surface area contributed by atoms with Gasteiger partial charge in [0.15, 0.2) is 0 Å². The maximum atomic E-state index is 4.36. The van der Waals surface area contributed by atoms with E-state index in [4.69, 9.17) is 0 Å². The fraction of sp³-hybridized carbons (Fsp3) is 0.867. The van der Waals surface area contributed by atoms with Gasteiger partial charge in [-0.2, -0.15) is 0 Å². The predicted molar refractivity (Wildman–Crippen MR) is 72.7 cm³/mol. The van der Waals surface area contributed by atoms with Crippen LogP contribution in [0.2, 0.25) is 0 Å². The topological polar surface area (TPSA) is 0 Å². The first-order chi connectivity index (χ1) is 7.54. The Morgan fingerprint density at radius 1 is 1.38 bits per heavy atom. The van der Waals surface area contributed by atoms with Crippen LogP contribution >= 0.6 is 11.8 Å². The van der Waals surface area contributed by atoms with Crippen molar-refractivity contribution < 1.29 is 0 Å². The Bertz CT molecular complexity index is 319. The van der Waals surface area contributed by atoms with Gasteiger partial charge >= 0.3 is 0 Å². The molecule has 1 aliphatic carbocycles. The lowest BCUT2D eigenvalue weighted by Crippen LogP contribution is -2.31. The van der Waals surface area contributed by atoms with E-state index in [2.05, 4.69) is 39.1 Å². The molecular formula is C15H24S. The van der Waals surface area contributed by atoms with Gasteiger partial charge in [0.25, 0.3) is 0 Å². The number of rotatable bonds is 1. The van der Waals surface area contributed by atoms with Crippen molar-refractivity contribution in [3.05, 3.63) is 12.2 Å². The molecule has 1 heteroatoms. The van der Waals surface area contributed by atoms with Crippen LogP contribution in [0.15, 0.2) is 12.2 Å². The Balaban J connectivity index is 1.98. The van der Waals surface area contributed by atoms with E-state index in [-0.39, 0.29) is 0 Å². The van der Waals surface area contributed by atoms with Crippen LogP contribution in [-0.2, 0) is 0 Å². The van der Waals surface area contributed by atoms with Gasteiger partial charge in [-0.1, -0.05) is 32.9 Å². The molecular weight excluding hydrogens is 212 g/mol. The van der Waals surface area contributed by atoms with Crippen LogP contribution in [0.5, 0.6) is 0 Å². The third-order valence-electron chi connectivity index (χ3n) is 5.60. The van der Waals surface area contributed by atoms with E-state index in [1.807, 2.05) is 0 Å². The van der Waals surface area contributed by atoms with E-state index in [0.29, 0.717) is 5.41 Å². The highest BCUT2D eigenvalue weighted by molar-refractivity contribution is 8.01. The molecule has 3 fully saturated rings. The minimum atomic E-state index is 0.643. The average molecular weight is 236 g/mol. The smallest absolute Gasteiger partial charge is 0.0293 e. The number of hydrogen-bond acceptors (Lipinski definition) is 1. The molecule has 3 rings (SSSR count). The summed E-state index contributed by atoms with van der Waals surface area (Å²) in [5.74, 6) is 2.76. The molecule has 0 amide bonds. The minimum absolute atomic E-state index is 0.643. The monoisotopic (exact) mass is 236 g/mol. The Kier molecular flexibility index (Phi) is 2.48. The normalized spacial score (nSPS) is 51.1. The fourth-order valence-electron chi connectivity index (χ4n) is 4.63. The molecule has 0 radical (unpaired) electrons. The van der Waals surface area contributed by atoms with Crippen molar-refractivity contribution in [2.24, 2.45) is 23.2 Å². The molecule has 1 saturated carbocycles. The van der Waals surface area contributed by atoms with Gasteiger partial charge in [-0.3, -0.25) is 0 Å². The van der Waals surface area contributed by atoms with Crippen molar-refractivity contribution in [1.82, 2.24) is 0 Å². The molecule has 5 atom stereocenters. The molecule has 2 heterocycles. The molecule has 2 bridgehead atoms. The standard InChI is InChI=1S/C15H24S/c1-9(2)11-7-8-15(4)12-6-5-10(3)14(16-12)13(11)15/h9,11-14H,3,5-8H2,1-2,4H3/t11-,12+,13+,14-,15-/m0/s1. The second-order valence-electron chi connectivity index (χ2n) is 6.72. The zero-order chi connectivity index (χ0) is 11.5. The van der Waals surface area contributed by atoms with Gasteiger partial charge in [0, 0.05) is 10.5 Å². The first kappa shape index (κ1) is 11.2. The second-order valence-corrected chi connectivity index (χ2v) is 8.07. The van der Waals surface area contributed by atoms with E-state index >= 15 is 0 Å². The van der Waals surface area contributed by atoms with Crippen molar-refractivity contribution in [2.45, 2.75) is 57.0 Å². The lowest BCUT2D eigenvalue weighted by molar-refractivity contribution is 0.189. The summed E-state index contributed by atoms with van der Waals surface area (Å²) < 4.78 is 0. The molecule has 0 aromatic rings. The van der Waals surface area contributed by atoms with Gasteiger partial charge in [-0.05, 0) is 48.9 Å². The second kappa shape index (κ2) is 3.54. The van der Waals surface area contributed by atoms with Crippen LogP contribution < -0.4 is 0 Å². The van der Waals surface area contributed by atoms with Crippen LogP contribution in [0, 0.1) is 23.2 Å². The first-order valence-electron chi connectivity index (χ1n) is 6.87. The molecule has 2 aliphatic heterocycles. The highest BCUT2D eigenvalue weighted by atomic mass is 32.2. The number of hydrogen-bond donors (Lipinski definition) is 0. The molecule has 0 spiro atoms. The van der Waals surface area contributed by atoms with Gasteiger partial charge in [-0.25, -0.2) is 0 Å². The molecule has 16 heavy (non-hydrogen) atoms. The quantitative estimate of drug-likeness (QED) is 0.604. The molecule has 2 saturated heterocycles. The summed E-state index contributed by atoms with van der Waals surface area (Å²) >= 11 is 2.27. The predicted octanol–water partition coefficient (Wildman–Crippen LogP) is 4.51. The summed E-state index contributed by atoms with van der Waals surface area (Å²) in [6.07, 6.45) is 5.65. The van der Waals surface area contributed by atoms with Gasteiger partial charge < -0.3 is 0 Å². The largest absolute Gasteiger partial charge is 0.150 e. The highest BCUT2D eigenvalue weighted by Crippen LogP contribution is 2.67. The highest BCUT2D eigenvalue weighted by Gasteiger charge is 2.60. The maximum Gasteiger partial charge on any atom is 0.0293 e. The van der Waals surface area contributed by atoms with Crippen LogP contribution in [0.4, 0.5) is 0 Å². The Morgan fingerprint density at radius 3 is 2.81 bits per heavy atom. The maximum absolute atomic E-state index is 4.36. The summed E-state index contributed by atoms with van der Waals surface area (Å²) in [5.41, 5.74) is 2.20. The van der Waals surface area contributed by atoms with E-state index in [0.717, 1.165) is 28.3 Å². The molecule has 3 aliphatic rings. The lowest BCUT2D eigenvalue weighted by Gasteiger charge is -2.32. The first-order valence-corrected chi connectivity index (χ1v) is 7.81. The summed E-state index contributed by atoms with van der Waals surface area (Å²) in [5, 5.41) is 1.75. The zero-order valence-corrected chi connectivity index (χ0v) is 11.6. The Morgan fingerprint density at radius 2 is 2.12 bits per heavy atom. The van der Waals surface area contributed by atoms with Crippen LogP contribution in [-0.4, -0.2) is 10.5 Å². The average Bonchev–Trinajstić information content (AvgIpc) is 2.67. The molecule has 0 unspecified atom stereocenters. The molecule has 0 aromatic heterocycles. The zero-order valence-electron chi connectivity index (χ0n) is 10.8. The summed E-state index contributed by atoms with van der Waals surface area (Å²) in [4.78, 5) is 0. The summed E-state index contributed by atoms with van der Waals surface area (Å²) in [7, 11) is 0.